The smallest absolute Gasteiger partial charge is 0.407 e. The third-order valence-electron chi connectivity index (χ3n) is 4.74. The number of aliphatic hydroxyl groups excluding tert-OH is 2. The van der Waals surface area contributed by atoms with Crippen LogP contribution < -0.4 is 5.32 Å². The number of rotatable bonds is 4. The van der Waals surface area contributed by atoms with Gasteiger partial charge < -0.3 is 34.8 Å². The minimum Gasteiger partial charge on any atom is -0.481 e. The Morgan fingerprint density at radius 1 is 1.11 bits per heavy atom. The van der Waals surface area contributed by atoms with Gasteiger partial charge in [0.05, 0.1) is 12.1 Å². The van der Waals surface area contributed by atoms with Gasteiger partial charge in [0.15, 0.2) is 5.79 Å². The van der Waals surface area contributed by atoms with E-state index >= 15 is 0 Å². The van der Waals surface area contributed by atoms with E-state index in [2.05, 4.69) is 5.32 Å². The van der Waals surface area contributed by atoms with Crippen molar-refractivity contribution in [3.63, 3.8) is 0 Å². The molecule has 148 valence electrons. The minimum atomic E-state index is -1.64. The number of amides is 1. The molecule has 3 rings (SSSR count). The van der Waals surface area contributed by atoms with E-state index in [0.717, 1.165) is 5.56 Å². The molecule has 1 aliphatic carbocycles. The Morgan fingerprint density at radius 2 is 1.74 bits per heavy atom. The van der Waals surface area contributed by atoms with Crippen molar-refractivity contribution < 1.29 is 39.1 Å². The molecule has 0 radical (unpaired) electrons. The van der Waals surface area contributed by atoms with Gasteiger partial charge >= 0.3 is 12.1 Å². The molecule has 9 heteroatoms. The van der Waals surface area contributed by atoms with E-state index < -0.39 is 54.2 Å². The Hall–Kier alpha value is -2.20. The molecule has 1 saturated heterocycles. The first-order valence-electron chi connectivity index (χ1n) is 8.61. The van der Waals surface area contributed by atoms with E-state index in [1.165, 1.54) is 0 Å². The summed E-state index contributed by atoms with van der Waals surface area (Å²) in [5.74, 6) is -3.96. The average molecular weight is 381 g/mol. The van der Waals surface area contributed by atoms with E-state index in [-0.39, 0.29) is 6.61 Å². The van der Waals surface area contributed by atoms with Gasteiger partial charge in [-0.05, 0) is 19.4 Å². The van der Waals surface area contributed by atoms with Gasteiger partial charge in [-0.1, -0.05) is 30.3 Å². The zero-order chi connectivity index (χ0) is 19.8. The van der Waals surface area contributed by atoms with E-state index in [4.69, 9.17) is 14.2 Å². The number of benzene rings is 1. The molecule has 9 nitrogen and oxygen atoms in total. The fraction of sp³-hybridized carbons (Fsp3) is 0.556. The standard InChI is InChI=1S/C18H23NO8/c1-18(2)26-14-11(10(16(22)23)12(20)13(21)15(14)27-18)19-17(24)25-8-9-6-4-3-5-7-9/h3-7,10-15,20-21H,8H2,1-2H3,(H,19,24)(H,22,23)/t10-,11-,12-,13+,14+,15-/m1/s1. The van der Waals surface area contributed by atoms with Gasteiger partial charge in [-0.15, -0.1) is 0 Å². The van der Waals surface area contributed by atoms with Crippen LogP contribution in [0.4, 0.5) is 4.79 Å². The molecule has 0 spiro atoms. The lowest BCUT2D eigenvalue weighted by Crippen LogP contribution is -2.66. The van der Waals surface area contributed by atoms with Gasteiger partial charge in [0, 0.05) is 0 Å². The summed E-state index contributed by atoms with van der Waals surface area (Å²) >= 11 is 0. The first kappa shape index (κ1) is 19.6. The van der Waals surface area contributed by atoms with Crippen molar-refractivity contribution in [1.82, 2.24) is 5.32 Å². The Balaban J connectivity index is 1.75. The van der Waals surface area contributed by atoms with Gasteiger partial charge in [-0.25, -0.2) is 4.79 Å². The van der Waals surface area contributed by atoms with Gasteiger partial charge in [0.2, 0.25) is 0 Å². The van der Waals surface area contributed by atoms with Crippen LogP contribution in [-0.2, 0) is 25.6 Å². The van der Waals surface area contributed by atoms with Crippen LogP contribution in [0, 0.1) is 5.92 Å². The maximum absolute atomic E-state index is 12.2. The molecule has 2 fully saturated rings. The highest BCUT2D eigenvalue weighted by molar-refractivity contribution is 5.75. The van der Waals surface area contributed by atoms with Crippen molar-refractivity contribution in [2.24, 2.45) is 5.92 Å². The van der Waals surface area contributed by atoms with Crippen molar-refractivity contribution in [3.05, 3.63) is 35.9 Å². The van der Waals surface area contributed by atoms with E-state index in [9.17, 15) is 24.9 Å². The molecule has 1 aromatic rings. The number of ether oxygens (including phenoxy) is 3. The number of nitrogens with one attached hydrogen (secondary N) is 1. The third kappa shape index (κ3) is 4.06. The van der Waals surface area contributed by atoms with Crippen LogP contribution in [-0.4, -0.2) is 63.6 Å². The van der Waals surface area contributed by atoms with Gasteiger partial charge in [-0.2, -0.15) is 0 Å². The minimum absolute atomic E-state index is 0.000739. The molecule has 4 N–H and O–H groups in total. The number of carboxylic acids is 1. The number of alkyl carbamates (subject to hydrolysis) is 1. The predicted octanol–water partition coefficient (Wildman–Crippen LogP) is 0.238. The van der Waals surface area contributed by atoms with E-state index in [0.29, 0.717) is 0 Å². The maximum atomic E-state index is 12.2. The number of aliphatic hydroxyl groups is 2. The largest absolute Gasteiger partial charge is 0.481 e. The van der Waals surface area contributed by atoms with Crippen molar-refractivity contribution in [3.8, 4) is 0 Å². The maximum Gasteiger partial charge on any atom is 0.407 e. The summed E-state index contributed by atoms with van der Waals surface area (Å²) in [6.45, 7) is 3.20. The van der Waals surface area contributed by atoms with Gasteiger partial charge in [0.1, 0.15) is 30.8 Å². The summed E-state index contributed by atoms with van der Waals surface area (Å²) in [5, 5.41) is 32.5. The second-order valence-electron chi connectivity index (χ2n) is 7.14. The highest BCUT2D eigenvalue weighted by Crippen LogP contribution is 2.39. The molecule has 2 aliphatic rings. The highest BCUT2D eigenvalue weighted by atomic mass is 16.8. The molecule has 0 bridgehead atoms. The van der Waals surface area contributed by atoms with Crippen molar-refractivity contribution >= 4 is 12.1 Å². The van der Waals surface area contributed by atoms with Gasteiger partial charge in [-0.3, -0.25) is 4.79 Å². The second-order valence-corrected chi connectivity index (χ2v) is 7.14. The SMILES string of the molecule is CC1(C)O[C@@H]2[C@@H](O)[C@H](O)[C@H](C(=O)O)[C@@H](NC(=O)OCc3ccccc3)[C@@H]2O1. The van der Waals surface area contributed by atoms with Crippen LogP contribution in [0.25, 0.3) is 0 Å². The molecule has 1 amide bonds. The molecule has 0 aromatic heterocycles. The lowest BCUT2D eigenvalue weighted by atomic mass is 9.77. The molecule has 1 aliphatic heterocycles. The number of carbonyl (C=O) groups excluding carboxylic acids is 1. The zero-order valence-electron chi connectivity index (χ0n) is 14.9. The monoisotopic (exact) mass is 381 g/mol. The number of aliphatic carboxylic acids is 1. The third-order valence-corrected chi connectivity index (χ3v) is 4.74. The number of carboxylic acid groups (broad SMARTS) is 1. The Labute approximate surface area is 155 Å². The van der Waals surface area contributed by atoms with Crippen LogP contribution in [0.15, 0.2) is 30.3 Å². The summed E-state index contributed by atoms with van der Waals surface area (Å²) in [6.07, 6.45) is -5.89. The topological polar surface area (TPSA) is 135 Å². The first-order valence-corrected chi connectivity index (χ1v) is 8.61. The Bertz CT molecular complexity index is 694. The molecule has 6 atom stereocenters. The summed E-state index contributed by atoms with van der Waals surface area (Å²) in [7, 11) is 0. The lowest BCUT2D eigenvalue weighted by molar-refractivity contribution is -0.171. The lowest BCUT2D eigenvalue weighted by Gasteiger charge is -2.41. The quantitative estimate of drug-likeness (QED) is 0.583. The predicted molar refractivity (Wildman–Crippen MR) is 90.5 cm³/mol. The highest BCUT2D eigenvalue weighted by Gasteiger charge is 2.60. The summed E-state index contributed by atoms with van der Waals surface area (Å²) in [4.78, 5) is 23.9. The zero-order valence-corrected chi connectivity index (χ0v) is 14.9. The molecule has 1 heterocycles. The fourth-order valence-electron chi connectivity index (χ4n) is 3.56. The normalized spacial score (nSPS) is 34.5. The number of fused-ring (bicyclic) bond motifs is 1. The van der Waals surface area contributed by atoms with Crippen molar-refractivity contribution in [2.75, 3.05) is 0 Å². The van der Waals surface area contributed by atoms with E-state index in [1.807, 2.05) is 6.07 Å². The van der Waals surface area contributed by atoms with Crippen molar-refractivity contribution in [1.29, 1.82) is 0 Å². The molecule has 1 saturated carbocycles. The summed E-state index contributed by atoms with van der Waals surface area (Å²) in [5.41, 5.74) is 0.765. The van der Waals surface area contributed by atoms with Crippen LogP contribution in [0.1, 0.15) is 19.4 Å². The van der Waals surface area contributed by atoms with Crippen LogP contribution in [0.2, 0.25) is 0 Å². The average Bonchev–Trinajstić information content (AvgIpc) is 2.94. The van der Waals surface area contributed by atoms with Crippen LogP contribution in [0.3, 0.4) is 0 Å². The van der Waals surface area contributed by atoms with Gasteiger partial charge in [0.25, 0.3) is 0 Å². The summed E-state index contributed by atoms with van der Waals surface area (Å²) < 4.78 is 16.4. The second kappa shape index (κ2) is 7.43. The van der Waals surface area contributed by atoms with Crippen LogP contribution >= 0.6 is 0 Å². The van der Waals surface area contributed by atoms with Crippen molar-refractivity contribution in [2.45, 2.75) is 56.7 Å². The number of carbonyl (C=O) groups is 2. The molecule has 0 unspecified atom stereocenters. The molecule has 27 heavy (non-hydrogen) atoms. The summed E-state index contributed by atoms with van der Waals surface area (Å²) in [6, 6.07) is 7.84. The molecular weight excluding hydrogens is 358 g/mol. The fourth-order valence-corrected chi connectivity index (χ4v) is 3.56. The number of hydrogen-bond acceptors (Lipinski definition) is 7. The molecule has 1 aromatic carbocycles. The first-order chi connectivity index (χ1) is 12.7. The van der Waals surface area contributed by atoms with E-state index in [1.54, 1.807) is 38.1 Å². The van der Waals surface area contributed by atoms with Crippen LogP contribution in [0.5, 0.6) is 0 Å². The Morgan fingerprint density at radius 3 is 2.37 bits per heavy atom. The Kier molecular flexibility index (Phi) is 5.38. The molecular formula is C18H23NO8. The number of hydrogen-bond donors (Lipinski definition) is 4.